The molecule has 14 heavy (non-hydrogen) atoms. The smallest absolute Gasteiger partial charge is 0.199 e. The molecular weight excluding hydrogens is 178 g/mol. The largest absolute Gasteiger partial charge is 0.494 e. The summed E-state index contributed by atoms with van der Waals surface area (Å²) in [6, 6.07) is 4.02. The van der Waals surface area contributed by atoms with Crippen LogP contribution in [0.3, 0.4) is 0 Å². The molecule has 3 N–H and O–H groups in total. The number of benzene rings is 3. The van der Waals surface area contributed by atoms with E-state index in [1.165, 1.54) is 11.1 Å². The molecule has 1 heterocycles. The Morgan fingerprint density at radius 2 is 1.43 bits per heavy atom. The van der Waals surface area contributed by atoms with Crippen molar-refractivity contribution in [3.05, 3.63) is 23.3 Å². The fourth-order valence-electron chi connectivity index (χ4n) is 2.48. The first-order chi connectivity index (χ1) is 6.77. The zero-order chi connectivity index (χ0) is 9.45. The Morgan fingerprint density at radius 3 is 1.93 bits per heavy atom. The van der Waals surface area contributed by atoms with Crippen LogP contribution in [0.5, 0.6) is 11.8 Å². The highest BCUT2D eigenvalue weighted by molar-refractivity contribution is 6.20. The maximum Gasteiger partial charge on any atom is 0.199 e. The van der Waals surface area contributed by atoms with Gasteiger partial charge in [-0.3, -0.25) is 4.98 Å². The van der Waals surface area contributed by atoms with Gasteiger partial charge in [-0.15, -0.1) is 0 Å². The van der Waals surface area contributed by atoms with Gasteiger partial charge in [0.25, 0.3) is 0 Å². The van der Waals surface area contributed by atoms with Crippen LogP contribution < -0.4 is 0 Å². The Bertz CT molecular complexity index is 625. The van der Waals surface area contributed by atoms with Gasteiger partial charge in [-0.2, -0.15) is 0 Å². The van der Waals surface area contributed by atoms with Crippen LogP contribution in [0.4, 0.5) is 0 Å². The van der Waals surface area contributed by atoms with E-state index in [2.05, 4.69) is 4.98 Å². The van der Waals surface area contributed by atoms with Crippen molar-refractivity contribution in [2.24, 2.45) is 0 Å². The van der Waals surface area contributed by atoms with E-state index >= 15 is 0 Å². The minimum atomic E-state index is 0.0767. The van der Waals surface area contributed by atoms with Gasteiger partial charge in [0.05, 0.1) is 10.8 Å². The number of rotatable bonds is 0. The molecule has 0 spiro atoms. The second kappa shape index (κ2) is 1.66. The highest BCUT2D eigenvalue weighted by Crippen LogP contribution is 2.50. The van der Waals surface area contributed by atoms with Crippen molar-refractivity contribution in [3.8, 4) is 11.8 Å². The molecule has 0 atom stereocenters. The highest BCUT2D eigenvalue weighted by atomic mass is 16.3. The number of aromatic hydroxyl groups is 2. The highest BCUT2D eigenvalue weighted by Gasteiger charge is 2.29. The number of nitrogens with one attached hydrogen (secondary N) is 1. The van der Waals surface area contributed by atoms with Crippen molar-refractivity contribution in [2.45, 2.75) is 6.42 Å². The van der Waals surface area contributed by atoms with Gasteiger partial charge in [0, 0.05) is 0 Å². The first kappa shape index (κ1) is 6.54. The fourth-order valence-corrected chi connectivity index (χ4v) is 2.48. The molecule has 5 rings (SSSR count). The van der Waals surface area contributed by atoms with Crippen LogP contribution in [0.1, 0.15) is 11.1 Å². The van der Waals surface area contributed by atoms with Gasteiger partial charge in [-0.25, -0.2) is 0 Å². The van der Waals surface area contributed by atoms with Crippen LogP contribution >= 0.6 is 0 Å². The molecule has 0 radical (unpaired) electrons. The van der Waals surface area contributed by atoms with E-state index in [0.717, 1.165) is 28.0 Å². The van der Waals surface area contributed by atoms with Crippen molar-refractivity contribution in [3.63, 3.8) is 0 Å². The topological polar surface area (TPSA) is 56.2 Å². The average molecular weight is 185 g/mol. The van der Waals surface area contributed by atoms with E-state index in [4.69, 9.17) is 0 Å². The number of fused-ring (bicyclic) bond motifs is 1. The maximum atomic E-state index is 9.63. The Kier molecular flexibility index (Phi) is 0.776. The predicted molar refractivity (Wildman–Crippen MR) is 53.1 cm³/mol. The van der Waals surface area contributed by atoms with E-state index in [1.54, 1.807) is 0 Å². The molecule has 4 aromatic rings. The number of aromatic nitrogens is 1. The lowest BCUT2D eigenvalue weighted by Crippen LogP contribution is -1.75. The molecule has 3 aromatic carbocycles. The predicted octanol–water partition coefficient (Wildman–Crippen LogP) is 2.07. The van der Waals surface area contributed by atoms with Gasteiger partial charge in [0.15, 0.2) is 11.8 Å². The second-order valence-electron chi connectivity index (χ2n) is 3.87. The van der Waals surface area contributed by atoms with Crippen LogP contribution in [0, 0.1) is 0 Å². The summed E-state index contributed by atoms with van der Waals surface area (Å²) in [5.41, 5.74) is 2.65. The van der Waals surface area contributed by atoms with Gasteiger partial charge in [-0.1, -0.05) is 12.1 Å². The van der Waals surface area contributed by atoms with E-state index < -0.39 is 0 Å². The van der Waals surface area contributed by atoms with E-state index in [0.29, 0.717) is 0 Å². The lowest BCUT2D eigenvalue weighted by molar-refractivity contribution is 0.429. The SMILES string of the molecule is Oc1[nH]c(O)c2c3ccc(c4c3C4)c12. The van der Waals surface area contributed by atoms with Gasteiger partial charge >= 0.3 is 0 Å². The van der Waals surface area contributed by atoms with Crippen molar-refractivity contribution < 1.29 is 10.2 Å². The molecule has 0 aliphatic heterocycles. The lowest BCUT2D eigenvalue weighted by Gasteiger charge is -2.00. The molecule has 68 valence electrons. The van der Waals surface area contributed by atoms with Crippen molar-refractivity contribution in [1.82, 2.24) is 4.98 Å². The van der Waals surface area contributed by atoms with Crippen LogP contribution in [0.15, 0.2) is 12.1 Å². The van der Waals surface area contributed by atoms with Crippen molar-refractivity contribution in [1.29, 1.82) is 0 Å². The summed E-state index contributed by atoms with van der Waals surface area (Å²) in [6.45, 7) is 0. The molecule has 3 heteroatoms. The average Bonchev–Trinajstić information content (AvgIpc) is 2.92. The number of aromatic amines is 1. The van der Waals surface area contributed by atoms with Gasteiger partial charge in [0.1, 0.15) is 0 Å². The summed E-state index contributed by atoms with van der Waals surface area (Å²) in [5, 5.41) is 22.9. The van der Waals surface area contributed by atoms with E-state index in [9.17, 15) is 10.2 Å². The van der Waals surface area contributed by atoms with Gasteiger partial charge in [0.2, 0.25) is 0 Å². The number of hydrogen-bond donors (Lipinski definition) is 3. The standard InChI is InChI=1S/C11H7NO2/c13-10-8-4-1-2-5(7-3-6(4)7)9(8)11(14)12-10/h1-2,12-14H,3H2. The van der Waals surface area contributed by atoms with Crippen molar-refractivity contribution in [2.75, 3.05) is 0 Å². The third-order valence-electron chi connectivity index (χ3n) is 3.16. The molecule has 2 bridgehead atoms. The summed E-state index contributed by atoms with van der Waals surface area (Å²) in [6.07, 6.45) is 1.01. The first-order valence-corrected chi connectivity index (χ1v) is 4.57. The molecule has 1 aliphatic rings. The monoisotopic (exact) mass is 185 g/mol. The zero-order valence-corrected chi connectivity index (χ0v) is 7.26. The molecular formula is C11H7NO2. The summed E-state index contributed by atoms with van der Waals surface area (Å²) in [4.78, 5) is 2.56. The first-order valence-electron chi connectivity index (χ1n) is 4.57. The van der Waals surface area contributed by atoms with Crippen LogP contribution in [0.25, 0.3) is 21.5 Å². The Labute approximate surface area is 78.9 Å². The quantitative estimate of drug-likeness (QED) is 0.393. The Morgan fingerprint density at radius 1 is 0.929 bits per heavy atom. The summed E-state index contributed by atoms with van der Waals surface area (Å²) < 4.78 is 0. The Hall–Kier alpha value is -1.90. The van der Waals surface area contributed by atoms with Crippen LogP contribution in [0.2, 0.25) is 0 Å². The summed E-state index contributed by atoms with van der Waals surface area (Å²) in [5.74, 6) is 0.153. The maximum absolute atomic E-state index is 9.63. The molecule has 1 aromatic heterocycles. The number of H-pyrrole nitrogens is 1. The fraction of sp³-hybridized carbons (Fsp3) is 0.0909. The summed E-state index contributed by atoms with van der Waals surface area (Å²) in [7, 11) is 0. The molecule has 0 amide bonds. The minimum absolute atomic E-state index is 0.0767. The van der Waals surface area contributed by atoms with Gasteiger partial charge < -0.3 is 10.2 Å². The third-order valence-corrected chi connectivity index (χ3v) is 3.16. The van der Waals surface area contributed by atoms with Crippen LogP contribution in [-0.4, -0.2) is 15.2 Å². The number of hydrogen-bond acceptors (Lipinski definition) is 2. The normalized spacial score (nSPS) is 14.0. The molecule has 3 nitrogen and oxygen atoms in total. The van der Waals surface area contributed by atoms with E-state index in [1.807, 2.05) is 12.1 Å². The molecule has 0 unspecified atom stereocenters. The Balaban J connectivity index is 2.49. The molecule has 0 saturated carbocycles. The molecule has 1 aliphatic carbocycles. The van der Waals surface area contributed by atoms with E-state index in [-0.39, 0.29) is 11.8 Å². The minimum Gasteiger partial charge on any atom is -0.494 e. The third kappa shape index (κ3) is 0.495. The van der Waals surface area contributed by atoms with Gasteiger partial charge in [-0.05, 0) is 28.3 Å². The van der Waals surface area contributed by atoms with Crippen LogP contribution in [-0.2, 0) is 6.42 Å². The zero-order valence-electron chi connectivity index (χ0n) is 7.26. The summed E-state index contributed by atoms with van der Waals surface area (Å²) >= 11 is 0. The molecule has 0 saturated heterocycles. The second-order valence-corrected chi connectivity index (χ2v) is 3.87. The van der Waals surface area contributed by atoms with Crippen molar-refractivity contribution >= 4 is 21.5 Å². The molecule has 0 fully saturated rings. The lowest BCUT2D eigenvalue weighted by atomic mass is 10.0.